The maximum absolute atomic E-state index is 12.1. The van der Waals surface area contributed by atoms with Crippen LogP contribution >= 0.6 is 0 Å². The van der Waals surface area contributed by atoms with Crippen LogP contribution in [0, 0.1) is 12.8 Å². The van der Waals surface area contributed by atoms with Crippen LogP contribution in [0.2, 0.25) is 0 Å². The Bertz CT molecular complexity index is 933. The Labute approximate surface area is 159 Å². The molecule has 0 aliphatic heterocycles. The van der Waals surface area contributed by atoms with Gasteiger partial charge in [-0.3, -0.25) is 10.1 Å². The summed E-state index contributed by atoms with van der Waals surface area (Å²) >= 11 is 0. The average molecular weight is 361 g/mol. The van der Waals surface area contributed by atoms with E-state index >= 15 is 0 Å². The number of amides is 1. The van der Waals surface area contributed by atoms with E-state index in [0.29, 0.717) is 5.95 Å². The van der Waals surface area contributed by atoms with E-state index in [9.17, 15) is 4.79 Å². The highest BCUT2D eigenvalue weighted by Crippen LogP contribution is 2.27. The first-order chi connectivity index (χ1) is 13.0. The molecule has 0 aliphatic carbocycles. The van der Waals surface area contributed by atoms with E-state index in [1.165, 1.54) is 5.56 Å². The molecule has 2 aromatic carbocycles. The van der Waals surface area contributed by atoms with Gasteiger partial charge in [-0.05, 0) is 37.3 Å². The maximum Gasteiger partial charge on any atom is 0.230 e. The van der Waals surface area contributed by atoms with Crippen LogP contribution in [0.5, 0.6) is 5.75 Å². The molecule has 0 bridgehead atoms. The number of aromatic nitrogens is 2. The first-order valence-electron chi connectivity index (χ1n) is 8.87. The van der Waals surface area contributed by atoms with Crippen molar-refractivity contribution in [1.29, 1.82) is 0 Å². The summed E-state index contributed by atoms with van der Waals surface area (Å²) in [4.78, 5) is 21.2. The van der Waals surface area contributed by atoms with Crippen LogP contribution in [0.1, 0.15) is 19.4 Å². The van der Waals surface area contributed by atoms with E-state index in [1.807, 2.05) is 75.4 Å². The Morgan fingerprint density at radius 1 is 0.926 bits per heavy atom. The molecular formula is C22H23N3O2. The summed E-state index contributed by atoms with van der Waals surface area (Å²) in [5.41, 5.74) is 4.57. The predicted molar refractivity (Wildman–Crippen MR) is 108 cm³/mol. The fraction of sp³-hybridized carbons (Fsp3) is 0.227. The minimum atomic E-state index is -0.152. The van der Waals surface area contributed by atoms with Gasteiger partial charge in [0.05, 0.1) is 18.5 Å². The number of carbonyl (C=O) groups is 1. The average Bonchev–Trinajstić information content (AvgIpc) is 2.68. The second-order valence-electron chi connectivity index (χ2n) is 6.70. The van der Waals surface area contributed by atoms with Crippen molar-refractivity contribution in [3.05, 3.63) is 60.2 Å². The monoisotopic (exact) mass is 361 g/mol. The Morgan fingerprint density at radius 2 is 1.44 bits per heavy atom. The van der Waals surface area contributed by atoms with Gasteiger partial charge >= 0.3 is 0 Å². The molecule has 5 heteroatoms. The Balaban J connectivity index is 2.06. The molecule has 1 amide bonds. The highest BCUT2D eigenvalue weighted by atomic mass is 16.5. The highest BCUT2D eigenvalue weighted by Gasteiger charge is 2.13. The number of nitrogens with zero attached hydrogens (tertiary/aromatic N) is 2. The Kier molecular flexibility index (Phi) is 5.50. The van der Waals surface area contributed by atoms with Crippen LogP contribution in [0.15, 0.2) is 54.6 Å². The zero-order valence-corrected chi connectivity index (χ0v) is 16.0. The van der Waals surface area contributed by atoms with Crippen LogP contribution in [0.25, 0.3) is 22.5 Å². The van der Waals surface area contributed by atoms with Crippen LogP contribution in [-0.4, -0.2) is 23.0 Å². The molecular weight excluding hydrogens is 338 g/mol. The minimum absolute atomic E-state index is 0.114. The molecule has 0 spiro atoms. The topological polar surface area (TPSA) is 64.1 Å². The van der Waals surface area contributed by atoms with Gasteiger partial charge in [-0.25, -0.2) is 9.97 Å². The van der Waals surface area contributed by atoms with E-state index in [4.69, 9.17) is 4.74 Å². The predicted octanol–water partition coefficient (Wildman–Crippen LogP) is 4.72. The van der Waals surface area contributed by atoms with Gasteiger partial charge in [0.15, 0.2) is 0 Å². The number of carbonyl (C=O) groups excluding carboxylic acids is 1. The number of benzene rings is 2. The second-order valence-corrected chi connectivity index (χ2v) is 6.70. The van der Waals surface area contributed by atoms with Crippen molar-refractivity contribution in [2.24, 2.45) is 5.92 Å². The van der Waals surface area contributed by atoms with Crippen molar-refractivity contribution in [2.75, 3.05) is 12.4 Å². The first-order valence-corrected chi connectivity index (χ1v) is 8.87. The maximum atomic E-state index is 12.1. The third-order valence-corrected chi connectivity index (χ3v) is 4.22. The largest absolute Gasteiger partial charge is 0.497 e. The number of nitrogens with one attached hydrogen (secondary N) is 1. The summed E-state index contributed by atoms with van der Waals surface area (Å²) in [5, 5.41) is 2.81. The molecule has 138 valence electrons. The summed E-state index contributed by atoms with van der Waals surface area (Å²) in [7, 11) is 1.63. The van der Waals surface area contributed by atoms with Gasteiger partial charge in [0.25, 0.3) is 0 Å². The zero-order chi connectivity index (χ0) is 19.4. The number of aryl methyl sites for hydroxylation is 1. The van der Waals surface area contributed by atoms with Crippen molar-refractivity contribution in [3.8, 4) is 28.3 Å². The molecule has 1 N–H and O–H groups in total. The van der Waals surface area contributed by atoms with Gasteiger partial charge in [-0.2, -0.15) is 0 Å². The standard InChI is InChI=1S/C22H23N3O2/c1-14(2)21(26)25-22-23-19(16-7-5-15(3)6-8-16)13-20(24-22)17-9-11-18(27-4)12-10-17/h5-14H,1-4H3,(H,23,24,25,26). The summed E-state index contributed by atoms with van der Waals surface area (Å²) < 4.78 is 5.22. The lowest BCUT2D eigenvalue weighted by Crippen LogP contribution is -2.19. The lowest BCUT2D eigenvalue weighted by atomic mass is 10.1. The molecule has 0 unspecified atom stereocenters. The lowest BCUT2D eigenvalue weighted by Gasteiger charge is -2.11. The van der Waals surface area contributed by atoms with Crippen molar-refractivity contribution in [1.82, 2.24) is 9.97 Å². The van der Waals surface area contributed by atoms with Gasteiger partial charge in [0.2, 0.25) is 11.9 Å². The Morgan fingerprint density at radius 3 is 1.93 bits per heavy atom. The summed E-state index contributed by atoms with van der Waals surface area (Å²) in [6.45, 7) is 5.72. The smallest absolute Gasteiger partial charge is 0.230 e. The minimum Gasteiger partial charge on any atom is -0.497 e. The Hall–Kier alpha value is -3.21. The molecule has 0 radical (unpaired) electrons. The molecule has 1 aromatic heterocycles. The number of hydrogen-bond acceptors (Lipinski definition) is 4. The van der Waals surface area contributed by atoms with Crippen molar-refractivity contribution in [3.63, 3.8) is 0 Å². The third kappa shape index (κ3) is 4.50. The summed E-state index contributed by atoms with van der Waals surface area (Å²) in [6.07, 6.45) is 0. The molecule has 5 nitrogen and oxygen atoms in total. The highest BCUT2D eigenvalue weighted by molar-refractivity contribution is 5.91. The van der Waals surface area contributed by atoms with Crippen LogP contribution < -0.4 is 10.1 Å². The van der Waals surface area contributed by atoms with Crippen LogP contribution in [0.3, 0.4) is 0 Å². The molecule has 0 fully saturated rings. The quantitative estimate of drug-likeness (QED) is 0.714. The molecule has 0 saturated carbocycles. The van der Waals surface area contributed by atoms with Gasteiger partial charge in [-0.1, -0.05) is 43.7 Å². The summed E-state index contributed by atoms with van der Waals surface area (Å²) in [5.74, 6) is 0.815. The van der Waals surface area contributed by atoms with E-state index in [2.05, 4.69) is 15.3 Å². The number of anilines is 1. The van der Waals surface area contributed by atoms with Gasteiger partial charge in [0.1, 0.15) is 5.75 Å². The second kappa shape index (κ2) is 7.99. The molecule has 3 rings (SSSR count). The SMILES string of the molecule is COc1ccc(-c2cc(-c3ccc(C)cc3)nc(NC(=O)C(C)C)n2)cc1. The lowest BCUT2D eigenvalue weighted by molar-refractivity contribution is -0.118. The van der Waals surface area contributed by atoms with E-state index in [-0.39, 0.29) is 11.8 Å². The van der Waals surface area contributed by atoms with E-state index in [0.717, 1.165) is 28.3 Å². The molecule has 0 saturated heterocycles. The van der Waals surface area contributed by atoms with Crippen LogP contribution in [0.4, 0.5) is 5.95 Å². The van der Waals surface area contributed by atoms with E-state index < -0.39 is 0 Å². The fourth-order valence-corrected chi connectivity index (χ4v) is 2.54. The van der Waals surface area contributed by atoms with Crippen molar-refractivity contribution < 1.29 is 9.53 Å². The van der Waals surface area contributed by atoms with Crippen molar-refractivity contribution in [2.45, 2.75) is 20.8 Å². The van der Waals surface area contributed by atoms with Gasteiger partial charge in [0, 0.05) is 17.0 Å². The zero-order valence-electron chi connectivity index (χ0n) is 16.0. The molecule has 3 aromatic rings. The number of hydrogen-bond donors (Lipinski definition) is 1. The number of rotatable bonds is 5. The molecule has 0 atom stereocenters. The van der Waals surface area contributed by atoms with Crippen LogP contribution in [-0.2, 0) is 4.79 Å². The van der Waals surface area contributed by atoms with Gasteiger partial charge in [-0.15, -0.1) is 0 Å². The molecule has 0 aliphatic rings. The normalized spacial score (nSPS) is 10.7. The van der Waals surface area contributed by atoms with Crippen molar-refractivity contribution >= 4 is 11.9 Å². The van der Waals surface area contributed by atoms with Gasteiger partial charge < -0.3 is 4.74 Å². The third-order valence-electron chi connectivity index (χ3n) is 4.22. The number of ether oxygens (including phenoxy) is 1. The summed E-state index contributed by atoms with van der Waals surface area (Å²) in [6, 6.07) is 17.7. The molecule has 1 heterocycles. The molecule has 27 heavy (non-hydrogen) atoms. The van der Waals surface area contributed by atoms with E-state index in [1.54, 1.807) is 7.11 Å². The number of methoxy groups -OCH3 is 1. The first kappa shape index (κ1) is 18.6. The fourth-order valence-electron chi connectivity index (χ4n) is 2.54.